The van der Waals surface area contributed by atoms with Gasteiger partial charge in [0.05, 0.1) is 0 Å². The molecule has 0 N–H and O–H groups in total. The monoisotopic (exact) mass is 131 g/mol. The molecule has 0 amide bonds. The Balaban J connectivity index is 2.88. The predicted octanol–water partition coefficient (Wildman–Crippen LogP) is 2.25. The number of hydrogen-bond donors (Lipinski definition) is 0. The van der Waals surface area contributed by atoms with E-state index < -0.39 is 0 Å². The highest BCUT2D eigenvalue weighted by molar-refractivity contribution is 5.49. The summed E-state index contributed by atoms with van der Waals surface area (Å²) >= 11 is 0. The van der Waals surface area contributed by atoms with Gasteiger partial charge in [-0.25, -0.2) is 0 Å². The molecule has 0 aliphatic rings. The van der Waals surface area contributed by atoms with Gasteiger partial charge in [-0.05, 0) is 30.7 Å². The Morgan fingerprint density at radius 2 is 2.20 bits per heavy atom. The van der Waals surface area contributed by atoms with Gasteiger partial charge in [-0.2, -0.15) is 0 Å². The summed E-state index contributed by atoms with van der Waals surface area (Å²) in [5, 5.41) is 0. The number of aryl methyl sites for hydroxylation is 1. The van der Waals surface area contributed by atoms with Gasteiger partial charge in [0.25, 0.3) is 0 Å². The molecule has 2 heterocycles. The van der Waals surface area contributed by atoms with Crippen molar-refractivity contribution in [3.05, 3.63) is 42.2 Å². The van der Waals surface area contributed by atoms with E-state index in [1.807, 2.05) is 6.07 Å². The van der Waals surface area contributed by atoms with Gasteiger partial charge in [-0.3, -0.25) is 0 Å². The minimum Gasteiger partial charge on any atom is -0.324 e. The van der Waals surface area contributed by atoms with Crippen LogP contribution in [0.25, 0.3) is 5.52 Å². The topological polar surface area (TPSA) is 4.41 Å². The van der Waals surface area contributed by atoms with Crippen LogP contribution >= 0.6 is 0 Å². The maximum atomic E-state index is 2.17. The minimum absolute atomic E-state index is 1.26. The molecule has 0 aromatic carbocycles. The highest BCUT2D eigenvalue weighted by Crippen LogP contribution is 2.07. The van der Waals surface area contributed by atoms with Crippen LogP contribution in [0.5, 0.6) is 0 Å². The largest absolute Gasteiger partial charge is 0.324 e. The average Bonchev–Trinajstić information content (AvgIpc) is 2.27. The lowest BCUT2D eigenvalue weighted by atomic mass is 10.3. The van der Waals surface area contributed by atoms with Crippen LogP contribution in [-0.2, 0) is 0 Å². The van der Waals surface area contributed by atoms with E-state index >= 15 is 0 Å². The zero-order chi connectivity index (χ0) is 6.97. The highest BCUT2D eigenvalue weighted by Gasteiger charge is 1.90. The van der Waals surface area contributed by atoms with Crippen molar-refractivity contribution in [2.24, 2.45) is 0 Å². The van der Waals surface area contributed by atoms with Gasteiger partial charge in [-0.15, -0.1) is 0 Å². The lowest BCUT2D eigenvalue weighted by molar-refractivity contribution is 1.19. The number of nitrogens with zero attached hydrogens (tertiary/aromatic N) is 1. The fourth-order valence-electron chi connectivity index (χ4n) is 1.20. The van der Waals surface area contributed by atoms with E-state index in [4.69, 9.17) is 0 Å². The second-order valence-electron chi connectivity index (χ2n) is 2.55. The van der Waals surface area contributed by atoms with E-state index in [9.17, 15) is 0 Å². The van der Waals surface area contributed by atoms with Crippen molar-refractivity contribution in [3.63, 3.8) is 0 Å². The van der Waals surface area contributed by atoms with Crippen LogP contribution in [0, 0.1) is 6.92 Å². The number of fused-ring (bicyclic) bond motifs is 1. The SMILES string of the molecule is Cc1cc2ccccn2c1. The Bertz CT molecular complexity index is 313. The fraction of sp³-hybridized carbons (Fsp3) is 0.111. The molecule has 0 saturated heterocycles. The summed E-state index contributed by atoms with van der Waals surface area (Å²) < 4.78 is 2.12. The van der Waals surface area contributed by atoms with Crippen molar-refractivity contribution < 1.29 is 0 Å². The summed E-state index contributed by atoms with van der Waals surface area (Å²) in [6.07, 6.45) is 4.18. The van der Waals surface area contributed by atoms with E-state index in [1.54, 1.807) is 0 Å². The number of aromatic nitrogens is 1. The van der Waals surface area contributed by atoms with Crippen molar-refractivity contribution in [1.82, 2.24) is 4.40 Å². The summed E-state index contributed by atoms with van der Waals surface area (Å²) in [5.74, 6) is 0. The Morgan fingerprint density at radius 3 is 3.00 bits per heavy atom. The zero-order valence-electron chi connectivity index (χ0n) is 5.91. The first-order chi connectivity index (χ1) is 4.86. The summed E-state index contributed by atoms with van der Waals surface area (Å²) in [4.78, 5) is 0. The van der Waals surface area contributed by atoms with E-state index in [-0.39, 0.29) is 0 Å². The third-order valence-electron chi connectivity index (χ3n) is 1.64. The molecule has 2 aromatic heterocycles. The maximum absolute atomic E-state index is 2.17. The van der Waals surface area contributed by atoms with Crippen LogP contribution in [0.15, 0.2) is 36.7 Å². The molecule has 0 radical (unpaired) electrons. The van der Waals surface area contributed by atoms with Crippen LogP contribution in [0.4, 0.5) is 0 Å². The standard InChI is InChI=1S/C9H9N/c1-8-6-9-4-2-3-5-10(9)7-8/h2-7H,1H3. The predicted molar refractivity (Wildman–Crippen MR) is 42.1 cm³/mol. The molecule has 0 unspecified atom stereocenters. The smallest absolute Gasteiger partial charge is 0.0452 e. The third kappa shape index (κ3) is 0.711. The second-order valence-corrected chi connectivity index (χ2v) is 2.55. The third-order valence-corrected chi connectivity index (χ3v) is 1.64. The van der Waals surface area contributed by atoms with Crippen LogP contribution in [0.2, 0.25) is 0 Å². The number of rotatable bonds is 0. The van der Waals surface area contributed by atoms with Crippen LogP contribution in [0.3, 0.4) is 0 Å². The molecule has 1 heteroatoms. The van der Waals surface area contributed by atoms with Gasteiger partial charge >= 0.3 is 0 Å². The van der Waals surface area contributed by atoms with E-state index in [1.165, 1.54) is 11.1 Å². The molecule has 0 aliphatic heterocycles. The summed E-state index contributed by atoms with van der Waals surface area (Å²) in [5.41, 5.74) is 2.58. The lowest BCUT2D eigenvalue weighted by Crippen LogP contribution is -1.75. The lowest BCUT2D eigenvalue weighted by Gasteiger charge is -1.88. The molecular formula is C9H9N. The van der Waals surface area contributed by atoms with Crippen molar-refractivity contribution in [1.29, 1.82) is 0 Å². The molecule has 50 valence electrons. The Labute approximate surface area is 59.9 Å². The molecule has 1 nitrogen and oxygen atoms in total. The van der Waals surface area contributed by atoms with Gasteiger partial charge in [0.1, 0.15) is 0 Å². The maximum Gasteiger partial charge on any atom is 0.0452 e. The van der Waals surface area contributed by atoms with Crippen LogP contribution in [0.1, 0.15) is 5.56 Å². The molecule has 0 aliphatic carbocycles. The Hall–Kier alpha value is -1.24. The first-order valence-corrected chi connectivity index (χ1v) is 3.39. The minimum atomic E-state index is 1.26. The highest BCUT2D eigenvalue weighted by atomic mass is 14.8. The fourth-order valence-corrected chi connectivity index (χ4v) is 1.20. The molecule has 0 bridgehead atoms. The average molecular weight is 131 g/mol. The van der Waals surface area contributed by atoms with Crippen LogP contribution in [-0.4, -0.2) is 4.40 Å². The summed E-state index contributed by atoms with van der Waals surface area (Å²) in [6.45, 7) is 2.10. The molecule has 2 aromatic rings. The molecule has 0 fully saturated rings. The summed E-state index contributed by atoms with van der Waals surface area (Å²) in [7, 11) is 0. The number of hydrogen-bond acceptors (Lipinski definition) is 0. The van der Waals surface area contributed by atoms with Gasteiger partial charge in [-0.1, -0.05) is 6.07 Å². The van der Waals surface area contributed by atoms with Gasteiger partial charge in [0.15, 0.2) is 0 Å². The van der Waals surface area contributed by atoms with Crippen molar-refractivity contribution in [2.45, 2.75) is 6.92 Å². The molecule has 10 heavy (non-hydrogen) atoms. The first kappa shape index (κ1) is 5.54. The molecule has 2 rings (SSSR count). The van der Waals surface area contributed by atoms with Gasteiger partial charge < -0.3 is 4.40 Å². The molecule has 0 atom stereocenters. The molecule has 0 spiro atoms. The zero-order valence-corrected chi connectivity index (χ0v) is 5.91. The molecule has 0 saturated carbocycles. The normalized spacial score (nSPS) is 10.5. The van der Waals surface area contributed by atoms with Crippen molar-refractivity contribution in [3.8, 4) is 0 Å². The van der Waals surface area contributed by atoms with E-state index in [2.05, 4.69) is 41.9 Å². The van der Waals surface area contributed by atoms with E-state index in [0.29, 0.717) is 0 Å². The van der Waals surface area contributed by atoms with Gasteiger partial charge in [0.2, 0.25) is 0 Å². The Morgan fingerprint density at radius 1 is 1.30 bits per heavy atom. The molecular weight excluding hydrogens is 122 g/mol. The van der Waals surface area contributed by atoms with Gasteiger partial charge in [0, 0.05) is 17.9 Å². The van der Waals surface area contributed by atoms with E-state index in [0.717, 1.165) is 0 Å². The van der Waals surface area contributed by atoms with Crippen LogP contribution < -0.4 is 0 Å². The Kier molecular flexibility index (Phi) is 1.04. The quantitative estimate of drug-likeness (QED) is 0.516. The summed E-state index contributed by atoms with van der Waals surface area (Å²) in [6, 6.07) is 8.36. The van der Waals surface area contributed by atoms with Crippen molar-refractivity contribution >= 4 is 5.52 Å². The first-order valence-electron chi connectivity index (χ1n) is 3.39. The van der Waals surface area contributed by atoms with Crippen molar-refractivity contribution in [2.75, 3.05) is 0 Å². The second kappa shape index (κ2) is 1.87. The number of pyridine rings is 1.